The van der Waals surface area contributed by atoms with Crippen LogP contribution in [0.15, 0.2) is 18.2 Å². The number of aryl methyl sites for hydroxylation is 1. The minimum Gasteiger partial charge on any atom is -0.0840 e. The molecule has 0 aliphatic heterocycles. The van der Waals surface area contributed by atoms with Crippen LogP contribution in [0.2, 0.25) is 5.02 Å². The van der Waals surface area contributed by atoms with Crippen molar-refractivity contribution in [3.05, 3.63) is 34.3 Å². The number of halogens is 1. The lowest BCUT2D eigenvalue weighted by Gasteiger charge is -2.09. The summed E-state index contributed by atoms with van der Waals surface area (Å²) in [5.74, 6) is 0.746. The topological polar surface area (TPSA) is 0 Å². The highest BCUT2D eigenvalue weighted by Crippen LogP contribution is 2.22. The van der Waals surface area contributed by atoms with Gasteiger partial charge in [-0.2, -0.15) is 0 Å². The van der Waals surface area contributed by atoms with Gasteiger partial charge in [-0.25, -0.2) is 0 Å². The quantitative estimate of drug-likeness (QED) is 0.679. The average molecular weight is 197 g/mol. The fourth-order valence-corrected chi connectivity index (χ4v) is 1.73. The lowest BCUT2D eigenvalue weighted by Crippen LogP contribution is -1.95. The predicted octanol–water partition coefficient (Wildman–Crippen LogP) is 4.24. The van der Waals surface area contributed by atoms with Crippen molar-refractivity contribution in [1.82, 2.24) is 0 Å². The smallest absolute Gasteiger partial charge is 0.0440 e. The van der Waals surface area contributed by atoms with Gasteiger partial charge in [0.05, 0.1) is 0 Å². The molecule has 0 amide bonds. The van der Waals surface area contributed by atoms with Gasteiger partial charge in [0.2, 0.25) is 0 Å². The van der Waals surface area contributed by atoms with Crippen molar-refractivity contribution < 1.29 is 0 Å². The lowest BCUT2D eigenvalue weighted by atomic mass is 9.99. The zero-order valence-electron chi connectivity index (χ0n) is 8.60. The molecule has 0 spiro atoms. The first-order valence-electron chi connectivity index (χ1n) is 4.85. The molecule has 0 radical (unpaired) electrons. The van der Waals surface area contributed by atoms with E-state index in [2.05, 4.69) is 26.8 Å². The van der Waals surface area contributed by atoms with Crippen molar-refractivity contribution in [1.29, 1.82) is 0 Å². The molecule has 1 heteroatoms. The van der Waals surface area contributed by atoms with Crippen molar-refractivity contribution in [2.75, 3.05) is 0 Å². The minimum absolute atomic E-state index is 0.746. The van der Waals surface area contributed by atoms with Crippen LogP contribution in [-0.4, -0.2) is 0 Å². The van der Waals surface area contributed by atoms with E-state index in [4.69, 9.17) is 11.6 Å². The summed E-state index contributed by atoms with van der Waals surface area (Å²) in [6.07, 6.45) is 2.31. The molecule has 1 aromatic carbocycles. The molecule has 0 saturated carbocycles. The van der Waals surface area contributed by atoms with Crippen molar-refractivity contribution in [3.8, 4) is 0 Å². The maximum Gasteiger partial charge on any atom is 0.0440 e. The van der Waals surface area contributed by atoms with E-state index in [1.165, 1.54) is 17.5 Å². The third kappa shape index (κ3) is 3.04. The van der Waals surface area contributed by atoms with Crippen LogP contribution in [0.1, 0.15) is 31.4 Å². The summed E-state index contributed by atoms with van der Waals surface area (Å²) in [7, 11) is 0. The van der Waals surface area contributed by atoms with Gasteiger partial charge in [-0.1, -0.05) is 37.6 Å². The monoisotopic (exact) mass is 196 g/mol. The van der Waals surface area contributed by atoms with Crippen LogP contribution in [0, 0.1) is 12.8 Å². The average Bonchev–Trinajstić information content (AvgIpc) is 2.03. The van der Waals surface area contributed by atoms with Gasteiger partial charge < -0.3 is 0 Å². The third-order valence-corrected chi connectivity index (χ3v) is 2.68. The molecular formula is C12H17Cl. The van der Waals surface area contributed by atoms with E-state index in [0.29, 0.717) is 0 Å². The molecule has 13 heavy (non-hydrogen) atoms. The summed E-state index contributed by atoms with van der Waals surface area (Å²) in [6.45, 7) is 6.61. The van der Waals surface area contributed by atoms with E-state index in [-0.39, 0.29) is 0 Å². The zero-order chi connectivity index (χ0) is 9.84. The van der Waals surface area contributed by atoms with Crippen molar-refractivity contribution >= 4 is 11.6 Å². The second-order valence-electron chi connectivity index (χ2n) is 3.97. The fraction of sp³-hybridized carbons (Fsp3) is 0.500. The Balaban J connectivity index is 2.75. The molecule has 1 rings (SSSR count). The summed E-state index contributed by atoms with van der Waals surface area (Å²) in [5, 5.41) is 0.917. The maximum absolute atomic E-state index is 6.11. The van der Waals surface area contributed by atoms with E-state index < -0.39 is 0 Å². The normalized spacial score (nSPS) is 10.8. The van der Waals surface area contributed by atoms with Gasteiger partial charge in [-0.05, 0) is 42.9 Å². The van der Waals surface area contributed by atoms with Crippen LogP contribution in [-0.2, 0) is 6.42 Å². The molecule has 0 aliphatic rings. The highest BCUT2D eigenvalue weighted by atomic mass is 35.5. The zero-order valence-corrected chi connectivity index (χ0v) is 9.36. The Morgan fingerprint density at radius 2 is 2.00 bits per heavy atom. The standard InChI is InChI=1S/C12H17Cl/c1-9(2)7-8-11-10(3)5-4-6-12(11)13/h4-6,9H,7-8H2,1-3H3. The molecular weight excluding hydrogens is 180 g/mol. The van der Waals surface area contributed by atoms with E-state index >= 15 is 0 Å². The molecule has 0 aliphatic carbocycles. The lowest BCUT2D eigenvalue weighted by molar-refractivity contribution is 0.586. The molecule has 0 N–H and O–H groups in total. The van der Waals surface area contributed by atoms with Crippen LogP contribution in [0.5, 0.6) is 0 Å². The molecule has 0 unspecified atom stereocenters. The van der Waals surface area contributed by atoms with Gasteiger partial charge in [-0.3, -0.25) is 0 Å². The Morgan fingerprint density at radius 3 is 2.54 bits per heavy atom. The SMILES string of the molecule is Cc1cccc(Cl)c1CCC(C)C. The maximum atomic E-state index is 6.11. The van der Waals surface area contributed by atoms with Crippen LogP contribution in [0.3, 0.4) is 0 Å². The summed E-state index contributed by atoms with van der Waals surface area (Å²) in [4.78, 5) is 0. The Morgan fingerprint density at radius 1 is 1.31 bits per heavy atom. The summed E-state index contributed by atoms with van der Waals surface area (Å²) in [6, 6.07) is 6.11. The Hall–Kier alpha value is -0.490. The summed E-state index contributed by atoms with van der Waals surface area (Å²) < 4.78 is 0. The van der Waals surface area contributed by atoms with Gasteiger partial charge in [0.1, 0.15) is 0 Å². The predicted molar refractivity (Wildman–Crippen MR) is 59.3 cm³/mol. The van der Waals surface area contributed by atoms with Crippen LogP contribution >= 0.6 is 11.6 Å². The summed E-state index contributed by atoms with van der Waals surface area (Å²) >= 11 is 6.11. The molecule has 0 bridgehead atoms. The van der Waals surface area contributed by atoms with E-state index in [1.807, 2.05) is 12.1 Å². The number of rotatable bonds is 3. The van der Waals surface area contributed by atoms with Gasteiger partial charge in [-0.15, -0.1) is 0 Å². The fourth-order valence-electron chi connectivity index (χ4n) is 1.42. The molecule has 1 aromatic rings. The first-order valence-corrected chi connectivity index (χ1v) is 5.23. The number of benzene rings is 1. The third-order valence-electron chi connectivity index (χ3n) is 2.32. The summed E-state index contributed by atoms with van der Waals surface area (Å²) in [5.41, 5.74) is 2.63. The first kappa shape index (κ1) is 10.6. The molecule has 0 atom stereocenters. The molecule has 0 fully saturated rings. The largest absolute Gasteiger partial charge is 0.0840 e. The Labute approximate surface area is 85.9 Å². The van der Waals surface area contributed by atoms with E-state index in [0.717, 1.165) is 17.4 Å². The van der Waals surface area contributed by atoms with Crippen molar-refractivity contribution in [2.45, 2.75) is 33.6 Å². The molecule has 0 aromatic heterocycles. The molecule has 0 nitrogen and oxygen atoms in total. The van der Waals surface area contributed by atoms with Gasteiger partial charge in [0.15, 0.2) is 0 Å². The van der Waals surface area contributed by atoms with Gasteiger partial charge >= 0.3 is 0 Å². The van der Waals surface area contributed by atoms with Gasteiger partial charge in [0.25, 0.3) is 0 Å². The molecule has 0 saturated heterocycles. The van der Waals surface area contributed by atoms with E-state index in [1.54, 1.807) is 0 Å². The second kappa shape index (κ2) is 4.66. The van der Waals surface area contributed by atoms with Crippen LogP contribution in [0.25, 0.3) is 0 Å². The van der Waals surface area contributed by atoms with Crippen molar-refractivity contribution in [2.24, 2.45) is 5.92 Å². The minimum atomic E-state index is 0.746. The highest BCUT2D eigenvalue weighted by molar-refractivity contribution is 6.31. The van der Waals surface area contributed by atoms with Crippen LogP contribution in [0.4, 0.5) is 0 Å². The highest BCUT2D eigenvalue weighted by Gasteiger charge is 2.04. The molecule has 0 heterocycles. The van der Waals surface area contributed by atoms with E-state index in [9.17, 15) is 0 Å². The second-order valence-corrected chi connectivity index (χ2v) is 4.38. The molecule has 72 valence electrons. The number of hydrogen-bond donors (Lipinski definition) is 0. The van der Waals surface area contributed by atoms with Crippen LogP contribution < -0.4 is 0 Å². The number of hydrogen-bond acceptors (Lipinski definition) is 0. The van der Waals surface area contributed by atoms with Gasteiger partial charge in [0, 0.05) is 5.02 Å². The Kier molecular flexibility index (Phi) is 3.80. The first-order chi connectivity index (χ1) is 6.11. The van der Waals surface area contributed by atoms with Crippen molar-refractivity contribution in [3.63, 3.8) is 0 Å². The Bertz CT molecular complexity index is 256.